The van der Waals surface area contributed by atoms with Crippen LogP contribution in [0.5, 0.6) is 5.75 Å². The van der Waals surface area contributed by atoms with Gasteiger partial charge in [0.05, 0.1) is 0 Å². The van der Waals surface area contributed by atoms with Crippen molar-refractivity contribution in [2.75, 3.05) is 19.7 Å². The second-order valence-corrected chi connectivity index (χ2v) is 6.36. The topological polar surface area (TPSA) is 58.2 Å². The molecule has 0 atom stereocenters. The van der Waals surface area contributed by atoms with E-state index in [0.717, 1.165) is 30.8 Å². The SMILES string of the molecule is CC(C)CCN1CCOc2c(nc(-c3ccccc3)[nH]c2=O)C1. The van der Waals surface area contributed by atoms with Crippen LogP contribution in [0.25, 0.3) is 11.4 Å². The van der Waals surface area contributed by atoms with Crippen molar-refractivity contribution in [1.29, 1.82) is 0 Å². The number of aromatic nitrogens is 2. The molecule has 122 valence electrons. The van der Waals surface area contributed by atoms with Gasteiger partial charge in [-0.15, -0.1) is 0 Å². The van der Waals surface area contributed by atoms with Crippen LogP contribution in [0.1, 0.15) is 26.0 Å². The number of benzene rings is 1. The average molecular weight is 313 g/mol. The molecule has 1 N–H and O–H groups in total. The van der Waals surface area contributed by atoms with Crippen molar-refractivity contribution in [2.24, 2.45) is 5.92 Å². The molecule has 1 aromatic carbocycles. The van der Waals surface area contributed by atoms with E-state index in [-0.39, 0.29) is 5.56 Å². The summed E-state index contributed by atoms with van der Waals surface area (Å²) in [6.07, 6.45) is 1.13. The number of hydrogen-bond donors (Lipinski definition) is 1. The lowest BCUT2D eigenvalue weighted by Gasteiger charge is -2.19. The van der Waals surface area contributed by atoms with Gasteiger partial charge in [-0.2, -0.15) is 0 Å². The van der Waals surface area contributed by atoms with E-state index in [2.05, 4.69) is 28.7 Å². The fraction of sp³-hybridized carbons (Fsp3) is 0.444. The Morgan fingerprint density at radius 2 is 2.09 bits per heavy atom. The maximum absolute atomic E-state index is 12.3. The van der Waals surface area contributed by atoms with Crippen molar-refractivity contribution >= 4 is 0 Å². The van der Waals surface area contributed by atoms with Crippen LogP contribution < -0.4 is 10.3 Å². The molecular formula is C18H23N3O2. The minimum Gasteiger partial charge on any atom is -0.485 e. The summed E-state index contributed by atoms with van der Waals surface area (Å²) in [7, 11) is 0. The van der Waals surface area contributed by atoms with E-state index >= 15 is 0 Å². The summed E-state index contributed by atoms with van der Waals surface area (Å²) in [4.78, 5) is 22.2. The van der Waals surface area contributed by atoms with Gasteiger partial charge in [-0.1, -0.05) is 44.2 Å². The second kappa shape index (κ2) is 6.96. The summed E-state index contributed by atoms with van der Waals surface area (Å²) in [6, 6.07) is 9.71. The molecule has 1 aliphatic heterocycles. The largest absolute Gasteiger partial charge is 0.485 e. The van der Waals surface area contributed by atoms with Gasteiger partial charge in [0.1, 0.15) is 18.1 Å². The number of fused-ring (bicyclic) bond motifs is 1. The second-order valence-electron chi connectivity index (χ2n) is 6.36. The zero-order valence-electron chi connectivity index (χ0n) is 13.7. The molecule has 0 saturated heterocycles. The molecule has 0 saturated carbocycles. The summed E-state index contributed by atoms with van der Waals surface area (Å²) in [5, 5.41) is 0. The average Bonchev–Trinajstić information content (AvgIpc) is 2.76. The van der Waals surface area contributed by atoms with Gasteiger partial charge in [0.2, 0.25) is 5.75 Å². The standard InChI is InChI=1S/C18H23N3O2/c1-13(2)8-9-21-10-11-23-16-15(12-21)19-17(20-18(16)22)14-6-4-3-5-7-14/h3-7,13H,8-12H2,1-2H3,(H,19,20,22). The third-order valence-electron chi connectivity index (χ3n) is 4.04. The van der Waals surface area contributed by atoms with Gasteiger partial charge in [0.25, 0.3) is 5.56 Å². The number of nitrogens with one attached hydrogen (secondary N) is 1. The Kier molecular flexibility index (Phi) is 4.76. The Balaban J connectivity index is 1.90. The summed E-state index contributed by atoms with van der Waals surface area (Å²) < 4.78 is 5.66. The zero-order valence-corrected chi connectivity index (χ0v) is 13.7. The van der Waals surface area contributed by atoms with Crippen LogP contribution in [-0.4, -0.2) is 34.6 Å². The third-order valence-corrected chi connectivity index (χ3v) is 4.04. The van der Waals surface area contributed by atoms with Gasteiger partial charge in [-0.05, 0) is 18.9 Å². The molecule has 1 aromatic heterocycles. The van der Waals surface area contributed by atoms with E-state index in [1.807, 2.05) is 30.3 Å². The van der Waals surface area contributed by atoms with Gasteiger partial charge >= 0.3 is 0 Å². The van der Waals surface area contributed by atoms with E-state index in [4.69, 9.17) is 4.74 Å². The van der Waals surface area contributed by atoms with Crippen molar-refractivity contribution in [1.82, 2.24) is 14.9 Å². The van der Waals surface area contributed by atoms with E-state index < -0.39 is 0 Å². The van der Waals surface area contributed by atoms with Crippen LogP contribution in [0, 0.1) is 5.92 Å². The number of nitrogens with zero attached hydrogens (tertiary/aromatic N) is 2. The Bertz CT molecular complexity index is 710. The van der Waals surface area contributed by atoms with Gasteiger partial charge < -0.3 is 9.72 Å². The van der Waals surface area contributed by atoms with Crippen LogP contribution in [0.3, 0.4) is 0 Å². The van der Waals surface area contributed by atoms with E-state index in [9.17, 15) is 4.79 Å². The minimum absolute atomic E-state index is 0.195. The van der Waals surface area contributed by atoms with Crippen LogP contribution in [0.2, 0.25) is 0 Å². The first kappa shape index (κ1) is 15.7. The number of rotatable bonds is 4. The molecule has 23 heavy (non-hydrogen) atoms. The first-order valence-electron chi connectivity index (χ1n) is 8.17. The summed E-state index contributed by atoms with van der Waals surface area (Å²) in [5.41, 5.74) is 1.44. The summed E-state index contributed by atoms with van der Waals surface area (Å²) in [6.45, 7) is 7.45. The van der Waals surface area contributed by atoms with E-state index in [0.29, 0.717) is 30.6 Å². The molecule has 2 heterocycles. The van der Waals surface area contributed by atoms with Crippen molar-refractivity contribution < 1.29 is 4.74 Å². The lowest BCUT2D eigenvalue weighted by molar-refractivity contribution is 0.215. The molecule has 0 spiro atoms. The van der Waals surface area contributed by atoms with Gasteiger partial charge in [0.15, 0.2) is 0 Å². The highest BCUT2D eigenvalue weighted by molar-refractivity contribution is 5.55. The van der Waals surface area contributed by atoms with Crippen molar-refractivity contribution in [3.8, 4) is 17.1 Å². The molecule has 3 rings (SSSR count). The Labute approximate surface area is 136 Å². The lowest BCUT2D eigenvalue weighted by Crippen LogP contribution is -2.27. The lowest BCUT2D eigenvalue weighted by atomic mass is 10.1. The molecule has 0 fully saturated rings. The van der Waals surface area contributed by atoms with E-state index in [1.54, 1.807) is 0 Å². The normalized spacial score (nSPS) is 15.1. The number of hydrogen-bond acceptors (Lipinski definition) is 4. The molecule has 1 aliphatic rings. The molecule has 0 aliphatic carbocycles. The Morgan fingerprint density at radius 1 is 1.30 bits per heavy atom. The molecule has 0 bridgehead atoms. The predicted molar refractivity (Wildman–Crippen MR) is 90.5 cm³/mol. The van der Waals surface area contributed by atoms with Crippen molar-refractivity contribution in [2.45, 2.75) is 26.8 Å². The van der Waals surface area contributed by atoms with Crippen molar-refractivity contribution in [3.05, 3.63) is 46.4 Å². The number of H-pyrrole nitrogens is 1. The number of ether oxygens (including phenoxy) is 1. The molecular weight excluding hydrogens is 290 g/mol. The first-order valence-corrected chi connectivity index (χ1v) is 8.17. The Hall–Kier alpha value is -2.14. The fourth-order valence-electron chi connectivity index (χ4n) is 2.70. The summed E-state index contributed by atoms with van der Waals surface area (Å²) in [5.74, 6) is 1.63. The van der Waals surface area contributed by atoms with Gasteiger partial charge in [-0.3, -0.25) is 9.69 Å². The van der Waals surface area contributed by atoms with Crippen LogP contribution in [0.15, 0.2) is 35.1 Å². The molecule has 0 amide bonds. The Morgan fingerprint density at radius 3 is 2.83 bits per heavy atom. The number of aromatic amines is 1. The van der Waals surface area contributed by atoms with Gasteiger partial charge in [-0.25, -0.2) is 4.98 Å². The van der Waals surface area contributed by atoms with E-state index in [1.165, 1.54) is 0 Å². The minimum atomic E-state index is -0.195. The summed E-state index contributed by atoms with van der Waals surface area (Å²) >= 11 is 0. The maximum atomic E-state index is 12.3. The quantitative estimate of drug-likeness (QED) is 0.943. The highest BCUT2D eigenvalue weighted by atomic mass is 16.5. The van der Waals surface area contributed by atoms with Crippen LogP contribution in [0.4, 0.5) is 0 Å². The predicted octanol–water partition coefficient (Wildman–Crippen LogP) is 2.68. The molecule has 2 aromatic rings. The smallest absolute Gasteiger partial charge is 0.293 e. The molecule has 0 unspecified atom stereocenters. The van der Waals surface area contributed by atoms with Crippen LogP contribution >= 0.6 is 0 Å². The zero-order chi connectivity index (χ0) is 16.2. The van der Waals surface area contributed by atoms with Crippen LogP contribution in [-0.2, 0) is 6.54 Å². The monoisotopic (exact) mass is 313 g/mol. The van der Waals surface area contributed by atoms with Crippen molar-refractivity contribution in [3.63, 3.8) is 0 Å². The maximum Gasteiger partial charge on any atom is 0.293 e. The fourth-order valence-corrected chi connectivity index (χ4v) is 2.70. The molecule has 5 heteroatoms. The molecule has 5 nitrogen and oxygen atoms in total. The highest BCUT2D eigenvalue weighted by Crippen LogP contribution is 2.21. The highest BCUT2D eigenvalue weighted by Gasteiger charge is 2.20. The molecule has 0 radical (unpaired) electrons. The van der Waals surface area contributed by atoms with Gasteiger partial charge in [0, 0.05) is 18.7 Å². The third kappa shape index (κ3) is 3.79. The first-order chi connectivity index (χ1) is 11.1.